The normalized spacial score (nSPS) is 11.5. The van der Waals surface area contributed by atoms with Crippen LogP contribution in [-0.4, -0.2) is 20.7 Å². The molecule has 0 saturated heterocycles. The summed E-state index contributed by atoms with van der Waals surface area (Å²) in [6.45, 7) is 0.351. The third-order valence-electron chi connectivity index (χ3n) is 1.88. The topological polar surface area (TPSA) is 72.2 Å². The summed E-state index contributed by atoms with van der Waals surface area (Å²) in [7, 11) is -3.36. The Kier molecular flexibility index (Phi) is 5.91. The molecule has 0 fully saturated rings. The number of benzene rings is 1. The van der Waals surface area contributed by atoms with Crippen molar-refractivity contribution in [2.45, 2.75) is 6.42 Å². The molecule has 1 aromatic carbocycles. The van der Waals surface area contributed by atoms with Crippen LogP contribution in [0.1, 0.15) is 6.42 Å². The van der Waals surface area contributed by atoms with Gasteiger partial charge in [-0.05, 0) is 57.0 Å². The Hall–Kier alpha value is 0.370. The summed E-state index contributed by atoms with van der Waals surface area (Å²) in [6.07, 6.45) is 0.432. The smallest absolute Gasteiger partial charge is 0.232 e. The zero-order chi connectivity index (χ0) is 13.1. The molecule has 0 spiro atoms. The molecule has 0 aromatic heterocycles. The molecule has 0 atom stereocenters. The number of rotatable bonds is 5. The van der Waals surface area contributed by atoms with Gasteiger partial charge < -0.3 is 5.73 Å². The lowest BCUT2D eigenvalue weighted by Gasteiger charge is -2.11. The Labute approximate surface area is 126 Å². The van der Waals surface area contributed by atoms with Gasteiger partial charge in [-0.3, -0.25) is 4.72 Å². The summed E-state index contributed by atoms with van der Waals surface area (Å²) in [5.74, 6) is 0.0123. The SMILES string of the molecule is NCCCS(=O)(=O)Nc1c(Br)cc(Br)cc1Br. The third-order valence-corrected chi connectivity index (χ3v) is 4.93. The Balaban J connectivity index is 2.96. The summed E-state index contributed by atoms with van der Waals surface area (Å²) in [6, 6.07) is 3.54. The molecular formula is C9H11Br3N2O2S. The van der Waals surface area contributed by atoms with Crippen molar-refractivity contribution in [1.29, 1.82) is 0 Å². The van der Waals surface area contributed by atoms with Crippen LogP contribution in [0.5, 0.6) is 0 Å². The molecule has 0 amide bonds. The first-order valence-corrected chi connectivity index (χ1v) is 8.74. The van der Waals surface area contributed by atoms with E-state index >= 15 is 0 Å². The molecule has 8 heteroatoms. The van der Waals surface area contributed by atoms with Crippen LogP contribution in [0.25, 0.3) is 0 Å². The van der Waals surface area contributed by atoms with Gasteiger partial charge in [0, 0.05) is 13.4 Å². The number of halogens is 3. The van der Waals surface area contributed by atoms with Crippen LogP contribution < -0.4 is 10.5 Å². The van der Waals surface area contributed by atoms with Crippen molar-refractivity contribution in [3.63, 3.8) is 0 Å². The Morgan fingerprint density at radius 3 is 2.18 bits per heavy atom. The van der Waals surface area contributed by atoms with Gasteiger partial charge in [0.25, 0.3) is 0 Å². The maximum absolute atomic E-state index is 11.7. The van der Waals surface area contributed by atoms with Gasteiger partial charge in [-0.25, -0.2) is 8.42 Å². The fourth-order valence-corrected chi connectivity index (χ4v) is 5.02. The highest BCUT2D eigenvalue weighted by molar-refractivity contribution is 9.11. The second-order valence-electron chi connectivity index (χ2n) is 3.31. The van der Waals surface area contributed by atoms with Gasteiger partial charge in [0.05, 0.1) is 11.4 Å². The highest BCUT2D eigenvalue weighted by Gasteiger charge is 2.14. The summed E-state index contributed by atoms with van der Waals surface area (Å²) >= 11 is 9.93. The van der Waals surface area contributed by atoms with Crippen LogP contribution in [0, 0.1) is 0 Å². The molecule has 0 bridgehead atoms. The van der Waals surface area contributed by atoms with Crippen molar-refractivity contribution in [3.05, 3.63) is 25.6 Å². The van der Waals surface area contributed by atoms with Gasteiger partial charge in [0.15, 0.2) is 0 Å². The van der Waals surface area contributed by atoms with E-state index in [-0.39, 0.29) is 5.75 Å². The average Bonchev–Trinajstić information content (AvgIpc) is 2.21. The first-order chi connectivity index (χ1) is 7.85. The van der Waals surface area contributed by atoms with E-state index in [0.29, 0.717) is 27.6 Å². The largest absolute Gasteiger partial charge is 0.330 e. The van der Waals surface area contributed by atoms with E-state index in [1.807, 2.05) is 0 Å². The first-order valence-electron chi connectivity index (χ1n) is 4.71. The van der Waals surface area contributed by atoms with Crippen molar-refractivity contribution >= 4 is 63.5 Å². The van der Waals surface area contributed by atoms with E-state index in [1.54, 1.807) is 12.1 Å². The fraction of sp³-hybridized carbons (Fsp3) is 0.333. The molecule has 1 aromatic rings. The number of anilines is 1. The lowest BCUT2D eigenvalue weighted by atomic mass is 10.3. The van der Waals surface area contributed by atoms with Crippen LogP contribution >= 0.6 is 47.8 Å². The molecule has 1 rings (SSSR count). The molecule has 0 aliphatic rings. The standard InChI is InChI=1S/C9H11Br3N2O2S/c10-6-4-7(11)9(8(12)5-6)14-17(15,16)3-1-2-13/h4-5,14H,1-3,13H2. The number of nitrogens with one attached hydrogen (secondary N) is 1. The lowest BCUT2D eigenvalue weighted by molar-refractivity contribution is 0.598. The van der Waals surface area contributed by atoms with E-state index in [2.05, 4.69) is 52.5 Å². The van der Waals surface area contributed by atoms with E-state index in [4.69, 9.17) is 5.73 Å². The number of hydrogen-bond donors (Lipinski definition) is 2. The second kappa shape index (κ2) is 6.51. The van der Waals surface area contributed by atoms with Gasteiger partial charge in [-0.1, -0.05) is 15.9 Å². The minimum absolute atomic E-state index is 0.0123. The Bertz CT molecular complexity index is 482. The number of sulfonamides is 1. The van der Waals surface area contributed by atoms with Gasteiger partial charge in [0.1, 0.15) is 0 Å². The van der Waals surface area contributed by atoms with Crippen molar-refractivity contribution in [3.8, 4) is 0 Å². The molecule has 4 nitrogen and oxygen atoms in total. The molecule has 17 heavy (non-hydrogen) atoms. The van der Waals surface area contributed by atoms with Crippen LogP contribution in [-0.2, 0) is 10.0 Å². The fourth-order valence-electron chi connectivity index (χ4n) is 1.12. The van der Waals surface area contributed by atoms with Crippen LogP contribution in [0.3, 0.4) is 0 Å². The summed E-state index contributed by atoms with van der Waals surface area (Å²) in [4.78, 5) is 0. The van der Waals surface area contributed by atoms with Crippen molar-refractivity contribution in [2.75, 3.05) is 17.0 Å². The highest BCUT2D eigenvalue weighted by Crippen LogP contribution is 2.34. The molecular weight excluding hydrogens is 440 g/mol. The van der Waals surface area contributed by atoms with E-state index in [0.717, 1.165) is 4.47 Å². The minimum Gasteiger partial charge on any atom is -0.330 e. The molecule has 0 aliphatic heterocycles. The average molecular weight is 451 g/mol. The predicted molar refractivity (Wildman–Crippen MR) is 80.6 cm³/mol. The zero-order valence-corrected chi connectivity index (χ0v) is 14.3. The third kappa shape index (κ3) is 4.86. The molecule has 0 unspecified atom stereocenters. The predicted octanol–water partition coefficient (Wildman–Crippen LogP) is 3.06. The molecule has 96 valence electrons. The van der Waals surface area contributed by atoms with Crippen LogP contribution in [0.4, 0.5) is 5.69 Å². The van der Waals surface area contributed by atoms with Gasteiger partial charge >= 0.3 is 0 Å². The summed E-state index contributed by atoms with van der Waals surface area (Å²) in [5.41, 5.74) is 5.78. The molecule has 0 saturated carbocycles. The van der Waals surface area contributed by atoms with Gasteiger partial charge in [0.2, 0.25) is 10.0 Å². The molecule has 0 radical (unpaired) electrons. The Morgan fingerprint density at radius 1 is 1.18 bits per heavy atom. The molecule has 0 heterocycles. The van der Waals surface area contributed by atoms with Crippen molar-refractivity contribution in [1.82, 2.24) is 0 Å². The first kappa shape index (κ1) is 15.4. The summed E-state index contributed by atoms with van der Waals surface area (Å²) < 4.78 is 28.1. The van der Waals surface area contributed by atoms with Crippen LogP contribution in [0.2, 0.25) is 0 Å². The summed E-state index contributed by atoms with van der Waals surface area (Å²) in [5, 5.41) is 0. The minimum atomic E-state index is -3.36. The monoisotopic (exact) mass is 448 g/mol. The van der Waals surface area contributed by atoms with E-state index < -0.39 is 10.0 Å². The maximum Gasteiger partial charge on any atom is 0.232 e. The molecule has 0 aliphatic carbocycles. The van der Waals surface area contributed by atoms with Crippen molar-refractivity contribution in [2.24, 2.45) is 5.73 Å². The van der Waals surface area contributed by atoms with Gasteiger partial charge in [-0.15, -0.1) is 0 Å². The maximum atomic E-state index is 11.7. The number of hydrogen-bond acceptors (Lipinski definition) is 3. The zero-order valence-electron chi connectivity index (χ0n) is 8.71. The van der Waals surface area contributed by atoms with Crippen molar-refractivity contribution < 1.29 is 8.42 Å². The van der Waals surface area contributed by atoms with Gasteiger partial charge in [-0.2, -0.15) is 0 Å². The van der Waals surface area contributed by atoms with Crippen LogP contribution in [0.15, 0.2) is 25.6 Å². The quantitative estimate of drug-likeness (QED) is 0.724. The second-order valence-corrected chi connectivity index (χ2v) is 7.77. The van der Waals surface area contributed by atoms with E-state index in [9.17, 15) is 8.42 Å². The highest BCUT2D eigenvalue weighted by atomic mass is 79.9. The number of nitrogens with two attached hydrogens (primary N) is 1. The molecule has 3 N–H and O–H groups in total. The van der Waals surface area contributed by atoms with E-state index in [1.165, 1.54) is 0 Å². The lowest BCUT2D eigenvalue weighted by Crippen LogP contribution is -2.19. The Morgan fingerprint density at radius 2 is 1.71 bits per heavy atom.